The fraction of sp³-hybridized carbons (Fsp3) is 0.222. The van der Waals surface area contributed by atoms with Crippen LogP contribution in [0.1, 0.15) is 5.56 Å². The van der Waals surface area contributed by atoms with Gasteiger partial charge in [-0.1, -0.05) is 0 Å². The Balaban J connectivity index is 2.36. The number of fused-ring (bicyclic) bond motifs is 1. The maximum atomic E-state index is 11.0. The summed E-state index contributed by atoms with van der Waals surface area (Å²) in [4.78, 5) is 21.0. The zero-order chi connectivity index (χ0) is 10.8. The molecule has 0 aliphatic carbocycles. The van der Waals surface area contributed by atoms with Gasteiger partial charge in [0, 0.05) is 18.2 Å². The number of benzene rings is 1. The average Bonchev–Trinajstić information content (AvgIpc) is 2.40. The van der Waals surface area contributed by atoms with E-state index in [1.54, 1.807) is 6.07 Å². The molecule has 0 radical (unpaired) electrons. The Labute approximate surface area is 85.0 Å². The van der Waals surface area contributed by atoms with E-state index in [1.165, 1.54) is 12.1 Å². The first-order valence-electron chi connectivity index (χ1n) is 4.33. The number of hydrogen-bond donors (Lipinski definition) is 1. The van der Waals surface area contributed by atoms with Crippen LogP contribution in [0.5, 0.6) is 5.75 Å². The third kappa shape index (κ3) is 1.88. The van der Waals surface area contributed by atoms with Gasteiger partial charge in [0.15, 0.2) is 6.61 Å². The SMILES string of the molecule is O=C1COc2cc([N+](=O)[O-])ccc2CN1. The van der Waals surface area contributed by atoms with Crippen molar-refractivity contribution in [3.05, 3.63) is 33.9 Å². The van der Waals surface area contributed by atoms with Crippen LogP contribution in [0.4, 0.5) is 5.69 Å². The van der Waals surface area contributed by atoms with E-state index in [-0.39, 0.29) is 18.2 Å². The highest BCUT2D eigenvalue weighted by molar-refractivity contribution is 5.78. The predicted octanol–water partition coefficient (Wildman–Crippen LogP) is 0.603. The fourth-order valence-electron chi connectivity index (χ4n) is 1.33. The second-order valence-corrected chi connectivity index (χ2v) is 3.11. The van der Waals surface area contributed by atoms with Crippen LogP contribution in [0.2, 0.25) is 0 Å². The lowest BCUT2D eigenvalue weighted by atomic mass is 10.2. The molecule has 1 amide bonds. The maximum absolute atomic E-state index is 11.0. The first-order chi connectivity index (χ1) is 7.16. The summed E-state index contributed by atoms with van der Waals surface area (Å²) in [6.45, 7) is 0.236. The number of nitrogens with zero attached hydrogens (tertiary/aromatic N) is 1. The molecule has 15 heavy (non-hydrogen) atoms. The molecule has 78 valence electrons. The molecule has 0 aromatic heterocycles. The van der Waals surface area contributed by atoms with Gasteiger partial charge >= 0.3 is 0 Å². The normalized spacial score (nSPS) is 14.5. The molecule has 1 N–H and O–H groups in total. The Morgan fingerprint density at radius 2 is 2.27 bits per heavy atom. The molecule has 0 saturated carbocycles. The van der Waals surface area contributed by atoms with Gasteiger partial charge < -0.3 is 10.1 Å². The van der Waals surface area contributed by atoms with E-state index in [1.807, 2.05) is 0 Å². The maximum Gasteiger partial charge on any atom is 0.273 e. The van der Waals surface area contributed by atoms with Crippen molar-refractivity contribution >= 4 is 11.6 Å². The number of nitro benzene ring substituents is 1. The van der Waals surface area contributed by atoms with Crippen LogP contribution in [-0.4, -0.2) is 17.4 Å². The lowest BCUT2D eigenvalue weighted by Crippen LogP contribution is -2.25. The van der Waals surface area contributed by atoms with Crippen LogP contribution >= 0.6 is 0 Å². The third-order valence-corrected chi connectivity index (χ3v) is 2.10. The van der Waals surface area contributed by atoms with E-state index in [4.69, 9.17) is 4.74 Å². The number of carbonyl (C=O) groups excluding carboxylic acids is 1. The summed E-state index contributed by atoms with van der Waals surface area (Å²) in [6, 6.07) is 4.30. The van der Waals surface area contributed by atoms with Gasteiger partial charge in [0.2, 0.25) is 0 Å². The molecule has 2 rings (SSSR count). The molecule has 1 aromatic carbocycles. The number of rotatable bonds is 1. The summed E-state index contributed by atoms with van der Waals surface area (Å²) in [5.74, 6) is 0.163. The Morgan fingerprint density at radius 3 is 3.00 bits per heavy atom. The minimum atomic E-state index is -0.496. The summed E-state index contributed by atoms with van der Waals surface area (Å²) >= 11 is 0. The molecule has 0 fully saturated rings. The van der Waals surface area contributed by atoms with E-state index < -0.39 is 4.92 Å². The molecule has 1 heterocycles. The van der Waals surface area contributed by atoms with E-state index in [9.17, 15) is 14.9 Å². The predicted molar refractivity (Wildman–Crippen MR) is 50.4 cm³/mol. The van der Waals surface area contributed by atoms with Crippen LogP contribution < -0.4 is 10.1 Å². The highest BCUT2D eigenvalue weighted by Gasteiger charge is 2.16. The molecule has 1 aliphatic heterocycles. The molecule has 6 nitrogen and oxygen atoms in total. The molecular formula is C9H8N2O4. The average molecular weight is 208 g/mol. The third-order valence-electron chi connectivity index (χ3n) is 2.10. The van der Waals surface area contributed by atoms with Crippen LogP contribution in [0.25, 0.3) is 0 Å². The van der Waals surface area contributed by atoms with Crippen molar-refractivity contribution in [1.82, 2.24) is 5.32 Å². The zero-order valence-electron chi connectivity index (χ0n) is 7.73. The minimum Gasteiger partial charge on any atom is -0.483 e. The van der Waals surface area contributed by atoms with Crippen LogP contribution in [-0.2, 0) is 11.3 Å². The topological polar surface area (TPSA) is 81.5 Å². The van der Waals surface area contributed by atoms with Crippen LogP contribution in [0.3, 0.4) is 0 Å². The summed E-state index contributed by atoms with van der Waals surface area (Å²) in [6.07, 6.45) is 0. The van der Waals surface area contributed by atoms with Crippen molar-refractivity contribution in [2.45, 2.75) is 6.54 Å². The van der Waals surface area contributed by atoms with Crippen molar-refractivity contribution in [2.24, 2.45) is 0 Å². The van der Waals surface area contributed by atoms with E-state index in [2.05, 4.69) is 5.32 Å². The minimum absolute atomic E-state index is 0.0388. The molecule has 0 saturated heterocycles. The van der Waals surface area contributed by atoms with Gasteiger partial charge in [0.1, 0.15) is 5.75 Å². The first-order valence-corrected chi connectivity index (χ1v) is 4.33. The Bertz CT molecular complexity index is 430. The Kier molecular flexibility index (Phi) is 2.24. The van der Waals surface area contributed by atoms with Crippen molar-refractivity contribution in [2.75, 3.05) is 6.61 Å². The van der Waals surface area contributed by atoms with Crippen molar-refractivity contribution < 1.29 is 14.5 Å². The molecule has 1 aliphatic rings. The molecule has 6 heteroatoms. The van der Waals surface area contributed by atoms with Gasteiger partial charge in [-0.2, -0.15) is 0 Å². The van der Waals surface area contributed by atoms with Gasteiger partial charge in [-0.15, -0.1) is 0 Å². The van der Waals surface area contributed by atoms with E-state index in [0.717, 1.165) is 5.56 Å². The number of ether oxygens (including phenoxy) is 1. The number of carbonyl (C=O) groups is 1. The van der Waals surface area contributed by atoms with Crippen LogP contribution in [0.15, 0.2) is 18.2 Å². The molecular weight excluding hydrogens is 200 g/mol. The number of hydrogen-bond acceptors (Lipinski definition) is 4. The zero-order valence-corrected chi connectivity index (χ0v) is 7.73. The van der Waals surface area contributed by atoms with Gasteiger partial charge in [0.25, 0.3) is 11.6 Å². The van der Waals surface area contributed by atoms with Gasteiger partial charge in [-0.3, -0.25) is 14.9 Å². The molecule has 0 bridgehead atoms. The summed E-state index contributed by atoms with van der Waals surface area (Å²) < 4.78 is 5.14. The van der Waals surface area contributed by atoms with Gasteiger partial charge in [-0.05, 0) is 6.07 Å². The van der Waals surface area contributed by atoms with Crippen molar-refractivity contribution in [3.8, 4) is 5.75 Å². The molecule has 0 spiro atoms. The summed E-state index contributed by atoms with van der Waals surface area (Å²) in [7, 11) is 0. The standard InChI is InChI=1S/C9H8N2O4/c12-9-5-15-8-3-7(11(13)14)2-1-6(8)4-10-9/h1-3H,4-5H2,(H,10,12). The monoisotopic (exact) mass is 208 g/mol. The fourth-order valence-corrected chi connectivity index (χ4v) is 1.33. The van der Waals surface area contributed by atoms with Gasteiger partial charge in [0.05, 0.1) is 11.0 Å². The second kappa shape index (κ2) is 3.56. The quantitative estimate of drug-likeness (QED) is 0.541. The largest absolute Gasteiger partial charge is 0.483 e. The first kappa shape index (κ1) is 9.45. The lowest BCUT2D eigenvalue weighted by molar-refractivity contribution is -0.384. The van der Waals surface area contributed by atoms with Crippen molar-refractivity contribution in [3.63, 3.8) is 0 Å². The smallest absolute Gasteiger partial charge is 0.273 e. The molecule has 0 atom stereocenters. The van der Waals surface area contributed by atoms with Crippen LogP contribution in [0, 0.1) is 10.1 Å². The Morgan fingerprint density at radius 1 is 1.47 bits per heavy atom. The number of non-ortho nitro benzene ring substituents is 1. The van der Waals surface area contributed by atoms with Crippen molar-refractivity contribution in [1.29, 1.82) is 0 Å². The van der Waals surface area contributed by atoms with Gasteiger partial charge in [-0.25, -0.2) is 0 Å². The lowest BCUT2D eigenvalue weighted by Gasteiger charge is -2.04. The highest BCUT2D eigenvalue weighted by atomic mass is 16.6. The highest BCUT2D eigenvalue weighted by Crippen LogP contribution is 2.25. The Hall–Kier alpha value is -2.11. The number of nitro groups is 1. The summed E-state index contributed by atoms with van der Waals surface area (Å²) in [5.41, 5.74) is 0.703. The molecule has 1 aromatic rings. The molecule has 0 unspecified atom stereocenters. The second-order valence-electron chi connectivity index (χ2n) is 3.11. The number of nitrogens with one attached hydrogen (secondary N) is 1. The van der Waals surface area contributed by atoms with E-state index in [0.29, 0.717) is 12.3 Å². The van der Waals surface area contributed by atoms with E-state index >= 15 is 0 Å². The number of amides is 1. The summed E-state index contributed by atoms with van der Waals surface area (Å²) in [5, 5.41) is 13.1.